The smallest absolute Gasteiger partial charge is 0.164 e. The number of nitrogens with zero attached hydrogens (tertiary/aromatic N) is 3. The Kier molecular flexibility index (Phi) is 5.03. The molecule has 4 nitrogen and oxygen atoms in total. The van der Waals surface area contributed by atoms with E-state index in [0.29, 0.717) is 17.5 Å². The highest BCUT2D eigenvalue weighted by atomic mass is 32.1. The van der Waals surface area contributed by atoms with Crippen LogP contribution in [-0.4, -0.2) is 15.0 Å². The first kappa shape index (κ1) is 23.3. The van der Waals surface area contributed by atoms with E-state index in [9.17, 15) is 0 Å². The molecule has 0 N–H and O–H groups in total. The largest absolute Gasteiger partial charge is 0.456 e. The fourth-order valence-corrected chi connectivity index (χ4v) is 7.30. The lowest BCUT2D eigenvalue weighted by Crippen LogP contribution is -2.00. The van der Waals surface area contributed by atoms with Crippen LogP contribution in [0.15, 0.2) is 132 Å². The van der Waals surface area contributed by atoms with Gasteiger partial charge in [0.2, 0.25) is 0 Å². The second-order valence-corrected chi connectivity index (χ2v) is 11.4. The summed E-state index contributed by atoms with van der Waals surface area (Å²) in [5, 5.41) is 6.91. The monoisotopic (exact) mass is 555 g/mol. The van der Waals surface area contributed by atoms with E-state index in [1.165, 1.54) is 25.6 Å². The Balaban J connectivity index is 1.38. The minimum atomic E-state index is 0.622. The molecule has 196 valence electrons. The van der Waals surface area contributed by atoms with Crippen molar-refractivity contribution in [2.24, 2.45) is 0 Å². The summed E-state index contributed by atoms with van der Waals surface area (Å²) >= 11 is 1.82. The van der Waals surface area contributed by atoms with Gasteiger partial charge in [0.05, 0.1) is 0 Å². The van der Waals surface area contributed by atoms with Crippen LogP contribution in [0.2, 0.25) is 0 Å². The van der Waals surface area contributed by atoms with Gasteiger partial charge in [-0.15, -0.1) is 11.3 Å². The maximum absolute atomic E-state index is 6.21. The zero-order valence-corrected chi connectivity index (χ0v) is 23.1. The van der Waals surface area contributed by atoms with Crippen LogP contribution in [0.3, 0.4) is 0 Å². The molecule has 0 saturated carbocycles. The van der Waals surface area contributed by atoms with Gasteiger partial charge in [-0.25, -0.2) is 15.0 Å². The molecule has 0 aliphatic carbocycles. The van der Waals surface area contributed by atoms with Crippen molar-refractivity contribution in [1.82, 2.24) is 15.0 Å². The van der Waals surface area contributed by atoms with Crippen molar-refractivity contribution in [3.8, 4) is 34.2 Å². The number of furan rings is 1. The van der Waals surface area contributed by atoms with Crippen molar-refractivity contribution in [2.75, 3.05) is 0 Å². The minimum Gasteiger partial charge on any atom is -0.456 e. The van der Waals surface area contributed by atoms with Crippen LogP contribution in [-0.2, 0) is 0 Å². The van der Waals surface area contributed by atoms with Gasteiger partial charge in [-0.3, -0.25) is 0 Å². The first-order valence-electron chi connectivity index (χ1n) is 13.9. The zero-order valence-electron chi connectivity index (χ0n) is 22.3. The van der Waals surface area contributed by atoms with Gasteiger partial charge in [-0.05, 0) is 23.6 Å². The molecule has 0 unspecified atom stereocenters. The molecule has 5 heteroatoms. The summed E-state index contributed by atoms with van der Waals surface area (Å²) in [5.41, 5.74) is 4.52. The predicted molar refractivity (Wildman–Crippen MR) is 174 cm³/mol. The summed E-state index contributed by atoms with van der Waals surface area (Å²) in [7, 11) is 0. The Bertz CT molecular complexity index is 2480. The van der Waals surface area contributed by atoms with Crippen molar-refractivity contribution < 1.29 is 4.42 Å². The van der Waals surface area contributed by atoms with E-state index in [1.807, 2.05) is 72.0 Å². The molecule has 6 aromatic carbocycles. The summed E-state index contributed by atoms with van der Waals surface area (Å²) in [5.74, 6) is 1.91. The van der Waals surface area contributed by atoms with E-state index < -0.39 is 0 Å². The van der Waals surface area contributed by atoms with Gasteiger partial charge in [-0.2, -0.15) is 0 Å². The van der Waals surface area contributed by atoms with Crippen LogP contribution in [0, 0.1) is 0 Å². The Labute approximate surface area is 244 Å². The topological polar surface area (TPSA) is 51.8 Å². The zero-order chi connectivity index (χ0) is 27.6. The summed E-state index contributed by atoms with van der Waals surface area (Å²) < 4.78 is 8.73. The highest BCUT2D eigenvalue weighted by Crippen LogP contribution is 2.42. The average Bonchev–Trinajstić information content (AvgIpc) is 3.63. The molecule has 0 saturated heterocycles. The van der Waals surface area contributed by atoms with Crippen LogP contribution in [0.25, 0.3) is 87.0 Å². The van der Waals surface area contributed by atoms with E-state index in [1.54, 1.807) is 0 Å². The molecule has 0 atom stereocenters. The second kappa shape index (κ2) is 9.06. The van der Waals surface area contributed by atoms with Crippen LogP contribution in [0.5, 0.6) is 0 Å². The quantitative estimate of drug-likeness (QED) is 0.218. The molecule has 9 aromatic rings. The molecule has 0 spiro atoms. The molecule has 3 aromatic heterocycles. The Morgan fingerprint density at radius 1 is 0.452 bits per heavy atom. The number of hydrogen-bond donors (Lipinski definition) is 0. The third-order valence-corrected chi connectivity index (χ3v) is 9.14. The standard InChI is InChI=1S/C37H21N3OS/c1-2-10-23(11-3-1)35-38-36(40-37(39-35)28-16-9-18-30-33(28)26-14-4-6-17-29(26)41-30)27-15-8-12-22-20-21-25-24-13-5-7-19-31(24)42-34(25)32(22)27/h1-21H. The Hall–Kier alpha value is -5.39. The lowest BCUT2D eigenvalue weighted by atomic mass is 10.0. The van der Waals surface area contributed by atoms with Crippen LogP contribution < -0.4 is 0 Å². The van der Waals surface area contributed by atoms with Crippen molar-refractivity contribution >= 4 is 64.2 Å². The first-order valence-corrected chi connectivity index (χ1v) is 14.7. The van der Waals surface area contributed by atoms with Crippen LogP contribution in [0.1, 0.15) is 0 Å². The van der Waals surface area contributed by atoms with Crippen molar-refractivity contribution in [2.45, 2.75) is 0 Å². The molecule has 0 radical (unpaired) electrons. The van der Waals surface area contributed by atoms with E-state index >= 15 is 0 Å². The van der Waals surface area contributed by atoms with Gasteiger partial charge in [0.1, 0.15) is 11.2 Å². The lowest BCUT2D eigenvalue weighted by Gasteiger charge is -2.11. The van der Waals surface area contributed by atoms with E-state index in [0.717, 1.165) is 44.0 Å². The molecular formula is C37H21N3OS. The minimum absolute atomic E-state index is 0.622. The van der Waals surface area contributed by atoms with Gasteiger partial charge in [0.15, 0.2) is 17.5 Å². The molecule has 0 aliphatic rings. The number of rotatable bonds is 3. The van der Waals surface area contributed by atoms with Crippen LogP contribution in [0.4, 0.5) is 0 Å². The molecule has 42 heavy (non-hydrogen) atoms. The molecule has 9 rings (SSSR count). The van der Waals surface area contributed by atoms with Gasteiger partial charge in [0, 0.05) is 53.0 Å². The van der Waals surface area contributed by atoms with Gasteiger partial charge < -0.3 is 4.42 Å². The Morgan fingerprint density at radius 3 is 1.98 bits per heavy atom. The summed E-state index contributed by atoms with van der Waals surface area (Å²) in [6.45, 7) is 0. The average molecular weight is 556 g/mol. The molecular weight excluding hydrogens is 534 g/mol. The first-order chi connectivity index (χ1) is 20.8. The highest BCUT2D eigenvalue weighted by Gasteiger charge is 2.19. The molecule has 0 aliphatic heterocycles. The van der Waals surface area contributed by atoms with E-state index in [-0.39, 0.29) is 0 Å². The fraction of sp³-hybridized carbons (Fsp3) is 0. The van der Waals surface area contributed by atoms with Crippen molar-refractivity contribution in [3.05, 3.63) is 127 Å². The van der Waals surface area contributed by atoms with Gasteiger partial charge >= 0.3 is 0 Å². The molecule has 0 amide bonds. The number of fused-ring (bicyclic) bond motifs is 8. The summed E-state index contributed by atoms with van der Waals surface area (Å²) in [6.07, 6.45) is 0. The second-order valence-electron chi connectivity index (χ2n) is 10.4. The maximum Gasteiger partial charge on any atom is 0.164 e. The SMILES string of the molecule is c1ccc(-c2nc(-c3cccc4oc5ccccc5c34)nc(-c3cccc4ccc5c6ccccc6sc5c34)n2)cc1. The number of hydrogen-bond acceptors (Lipinski definition) is 5. The van der Waals surface area contributed by atoms with Gasteiger partial charge in [-0.1, -0.05) is 109 Å². The van der Waals surface area contributed by atoms with Crippen LogP contribution >= 0.6 is 11.3 Å². The molecule has 3 heterocycles. The number of para-hydroxylation sites is 1. The van der Waals surface area contributed by atoms with E-state index in [2.05, 4.69) is 66.7 Å². The summed E-state index contributed by atoms with van der Waals surface area (Å²) in [6, 6.07) is 43.8. The van der Waals surface area contributed by atoms with Crippen molar-refractivity contribution in [3.63, 3.8) is 0 Å². The number of thiophene rings is 1. The highest BCUT2D eigenvalue weighted by molar-refractivity contribution is 7.26. The normalized spacial score (nSPS) is 11.8. The predicted octanol–water partition coefficient (Wildman–Crippen LogP) is 10.3. The molecule has 0 bridgehead atoms. The molecule has 0 fully saturated rings. The maximum atomic E-state index is 6.21. The third kappa shape index (κ3) is 3.51. The van der Waals surface area contributed by atoms with Crippen molar-refractivity contribution in [1.29, 1.82) is 0 Å². The van der Waals surface area contributed by atoms with E-state index in [4.69, 9.17) is 19.4 Å². The lowest BCUT2D eigenvalue weighted by molar-refractivity contribution is 0.669. The summed E-state index contributed by atoms with van der Waals surface area (Å²) in [4.78, 5) is 15.3. The van der Waals surface area contributed by atoms with Gasteiger partial charge in [0.25, 0.3) is 0 Å². The Morgan fingerprint density at radius 2 is 1.12 bits per heavy atom. The number of benzene rings is 6. The third-order valence-electron chi connectivity index (χ3n) is 7.94. The number of aromatic nitrogens is 3. The fourth-order valence-electron chi connectivity index (χ4n) is 6.03.